The predicted molar refractivity (Wildman–Crippen MR) is 98.7 cm³/mol. The van der Waals surface area contributed by atoms with Gasteiger partial charge in [-0.25, -0.2) is 4.98 Å². The molecule has 0 aliphatic carbocycles. The van der Waals surface area contributed by atoms with Crippen LogP contribution in [0.5, 0.6) is 17.2 Å². The molecule has 1 N–H and O–H groups in total. The topological polar surface area (TPSA) is 65.5 Å². The molecule has 6 nitrogen and oxygen atoms in total. The van der Waals surface area contributed by atoms with Gasteiger partial charge < -0.3 is 19.5 Å². The summed E-state index contributed by atoms with van der Waals surface area (Å²) in [5, 5.41) is 4.17. The fraction of sp³-hybridized carbons (Fsp3) is 0.222. The Labute approximate surface area is 150 Å². The minimum absolute atomic E-state index is 0.133. The molecule has 0 spiro atoms. The lowest BCUT2D eigenvalue weighted by atomic mass is 10.1. The molecule has 0 saturated carbocycles. The molecule has 0 aliphatic heterocycles. The molecular weight excluding hydrogens is 342 g/mol. The normalized spacial score (nSPS) is 10.6. The van der Waals surface area contributed by atoms with E-state index in [9.17, 15) is 0 Å². The molecule has 0 unspecified atom stereocenters. The van der Waals surface area contributed by atoms with E-state index in [0.717, 1.165) is 16.6 Å². The molecule has 2 aromatic carbocycles. The van der Waals surface area contributed by atoms with Gasteiger partial charge >= 0.3 is 0 Å². The molecule has 1 aromatic heterocycles. The van der Waals surface area contributed by atoms with Crippen LogP contribution in [0.25, 0.3) is 10.9 Å². The van der Waals surface area contributed by atoms with Gasteiger partial charge in [-0.05, 0) is 42.3 Å². The Balaban J connectivity index is 2.17. The fourth-order valence-electron chi connectivity index (χ4n) is 2.57. The van der Waals surface area contributed by atoms with Gasteiger partial charge in [-0.1, -0.05) is 6.07 Å². The summed E-state index contributed by atoms with van der Waals surface area (Å²) < 4.78 is 16.1. The zero-order chi connectivity index (χ0) is 18.0. The maximum absolute atomic E-state index is 6.10. The molecule has 1 heterocycles. The van der Waals surface area contributed by atoms with E-state index in [0.29, 0.717) is 28.6 Å². The molecule has 130 valence electrons. The second-order valence-corrected chi connectivity index (χ2v) is 5.73. The monoisotopic (exact) mass is 359 g/mol. The van der Waals surface area contributed by atoms with Crippen molar-refractivity contribution < 1.29 is 14.2 Å². The SMILES string of the molecule is COc1ccc(C)cc1Nc1nc(Cl)nc2cc(OC)c(OC)cc12. The van der Waals surface area contributed by atoms with Crippen LogP contribution in [0.4, 0.5) is 11.5 Å². The first-order valence-corrected chi connectivity index (χ1v) is 7.94. The summed E-state index contributed by atoms with van der Waals surface area (Å²) in [6, 6.07) is 9.42. The zero-order valence-corrected chi connectivity index (χ0v) is 15.1. The Bertz CT molecular complexity index is 931. The first-order valence-electron chi connectivity index (χ1n) is 7.56. The number of hydrogen-bond donors (Lipinski definition) is 1. The van der Waals surface area contributed by atoms with E-state index >= 15 is 0 Å². The van der Waals surface area contributed by atoms with Crippen molar-refractivity contribution >= 4 is 34.0 Å². The second-order valence-electron chi connectivity index (χ2n) is 5.39. The van der Waals surface area contributed by atoms with Gasteiger partial charge in [0.2, 0.25) is 5.28 Å². The zero-order valence-electron chi connectivity index (χ0n) is 14.4. The highest BCUT2D eigenvalue weighted by Crippen LogP contribution is 2.36. The predicted octanol–water partition coefficient (Wildman–Crippen LogP) is 4.36. The number of aryl methyl sites for hydroxylation is 1. The standard InChI is InChI=1S/C18H18ClN3O3/c1-10-5-6-14(23-2)13(7-10)20-17-11-8-15(24-3)16(25-4)9-12(11)21-18(19)22-17/h5-9H,1-4H3,(H,20,21,22). The van der Waals surface area contributed by atoms with E-state index in [1.807, 2.05) is 31.2 Å². The molecule has 0 bridgehead atoms. The van der Waals surface area contributed by atoms with Crippen LogP contribution in [0.3, 0.4) is 0 Å². The van der Waals surface area contributed by atoms with Crippen LogP contribution < -0.4 is 19.5 Å². The number of nitrogens with one attached hydrogen (secondary N) is 1. The Morgan fingerprint density at radius 2 is 1.56 bits per heavy atom. The first-order chi connectivity index (χ1) is 12.0. The van der Waals surface area contributed by atoms with Gasteiger partial charge in [-0.3, -0.25) is 0 Å². The molecular formula is C18H18ClN3O3. The number of rotatable bonds is 5. The lowest BCUT2D eigenvalue weighted by Gasteiger charge is -2.15. The number of halogens is 1. The third-order valence-electron chi connectivity index (χ3n) is 3.78. The summed E-state index contributed by atoms with van der Waals surface area (Å²) in [7, 11) is 4.77. The largest absolute Gasteiger partial charge is 0.495 e. The number of anilines is 2. The summed E-state index contributed by atoms with van der Waals surface area (Å²) in [5.41, 5.74) is 2.52. The number of hydrogen-bond acceptors (Lipinski definition) is 6. The van der Waals surface area contributed by atoms with Crippen LogP contribution in [0.2, 0.25) is 5.28 Å². The third kappa shape index (κ3) is 3.39. The summed E-state index contributed by atoms with van der Waals surface area (Å²) in [5.74, 6) is 2.41. The Morgan fingerprint density at radius 1 is 0.880 bits per heavy atom. The van der Waals surface area contributed by atoms with Gasteiger partial charge in [0.25, 0.3) is 0 Å². The van der Waals surface area contributed by atoms with Crippen LogP contribution in [-0.4, -0.2) is 31.3 Å². The molecule has 3 aromatic rings. The first kappa shape index (κ1) is 17.1. The summed E-state index contributed by atoms with van der Waals surface area (Å²) in [6.45, 7) is 2.00. The maximum Gasteiger partial charge on any atom is 0.224 e. The molecule has 0 atom stereocenters. The van der Waals surface area contributed by atoms with E-state index in [1.54, 1.807) is 27.4 Å². The number of benzene rings is 2. The lowest BCUT2D eigenvalue weighted by molar-refractivity contribution is 0.356. The maximum atomic E-state index is 6.10. The van der Waals surface area contributed by atoms with Crippen molar-refractivity contribution in [3.63, 3.8) is 0 Å². The average Bonchev–Trinajstić information content (AvgIpc) is 2.60. The van der Waals surface area contributed by atoms with Crippen LogP contribution in [0, 0.1) is 6.92 Å². The van der Waals surface area contributed by atoms with E-state index < -0.39 is 0 Å². The van der Waals surface area contributed by atoms with Crippen molar-refractivity contribution in [3.8, 4) is 17.2 Å². The van der Waals surface area contributed by atoms with Gasteiger partial charge in [-0.2, -0.15) is 4.98 Å². The van der Waals surface area contributed by atoms with Crippen molar-refractivity contribution in [2.75, 3.05) is 26.6 Å². The molecule has 0 amide bonds. The van der Waals surface area contributed by atoms with Crippen molar-refractivity contribution in [2.45, 2.75) is 6.92 Å². The number of methoxy groups -OCH3 is 3. The number of fused-ring (bicyclic) bond motifs is 1. The molecule has 0 radical (unpaired) electrons. The Hall–Kier alpha value is -2.73. The fourth-order valence-corrected chi connectivity index (χ4v) is 2.75. The average molecular weight is 360 g/mol. The summed E-state index contributed by atoms with van der Waals surface area (Å²) >= 11 is 6.10. The molecule has 0 aliphatic rings. The smallest absolute Gasteiger partial charge is 0.224 e. The third-order valence-corrected chi connectivity index (χ3v) is 3.95. The van der Waals surface area contributed by atoms with Gasteiger partial charge in [0, 0.05) is 11.5 Å². The van der Waals surface area contributed by atoms with Crippen LogP contribution in [0.15, 0.2) is 30.3 Å². The Kier molecular flexibility index (Phi) is 4.81. The lowest BCUT2D eigenvalue weighted by Crippen LogP contribution is -2.01. The van der Waals surface area contributed by atoms with Crippen LogP contribution in [0.1, 0.15) is 5.56 Å². The highest BCUT2D eigenvalue weighted by atomic mass is 35.5. The minimum atomic E-state index is 0.133. The van der Waals surface area contributed by atoms with E-state index in [-0.39, 0.29) is 5.28 Å². The van der Waals surface area contributed by atoms with Gasteiger partial charge in [-0.15, -0.1) is 0 Å². The number of nitrogens with zero attached hydrogens (tertiary/aromatic N) is 2. The molecule has 0 saturated heterocycles. The molecule has 0 fully saturated rings. The van der Waals surface area contributed by atoms with Crippen molar-refractivity contribution in [3.05, 3.63) is 41.2 Å². The van der Waals surface area contributed by atoms with Gasteiger partial charge in [0.1, 0.15) is 11.6 Å². The second kappa shape index (κ2) is 7.03. The van der Waals surface area contributed by atoms with E-state index in [4.69, 9.17) is 25.8 Å². The van der Waals surface area contributed by atoms with Crippen molar-refractivity contribution in [1.29, 1.82) is 0 Å². The Morgan fingerprint density at radius 3 is 2.24 bits per heavy atom. The van der Waals surface area contributed by atoms with Gasteiger partial charge in [0.05, 0.1) is 32.5 Å². The number of ether oxygens (including phenoxy) is 3. The highest BCUT2D eigenvalue weighted by molar-refractivity contribution is 6.28. The molecule has 3 rings (SSSR count). The van der Waals surface area contributed by atoms with Gasteiger partial charge in [0.15, 0.2) is 11.5 Å². The van der Waals surface area contributed by atoms with E-state index in [1.165, 1.54) is 0 Å². The van der Waals surface area contributed by atoms with Crippen LogP contribution in [-0.2, 0) is 0 Å². The minimum Gasteiger partial charge on any atom is -0.495 e. The summed E-state index contributed by atoms with van der Waals surface area (Å²) in [6.07, 6.45) is 0. The number of aromatic nitrogens is 2. The molecule has 7 heteroatoms. The quantitative estimate of drug-likeness (QED) is 0.683. The van der Waals surface area contributed by atoms with Crippen molar-refractivity contribution in [1.82, 2.24) is 9.97 Å². The van der Waals surface area contributed by atoms with E-state index in [2.05, 4.69) is 15.3 Å². The van der Waals surface area contributed by atoms with Crippen molar-refractivity contribution in [2.24, 2.45) is 0 Å². The highest BCUT2D eigenvalue weighted by Gasteiger charge is 2.14. The summed E-state index contributed by atoms with van der Waals surface area (Å²) in [4.78, 5) is 8.59. The van der Waals surface area contributed by atoms with Crippen LogP contribution >= 0.6 is 11.6 Å². The molecule has 25 heavy (non-hydrogen) atoms.